The molecule has 2 heterocycles. The van der Waals surface area contributed by atoms with Gasteiger partial charge in [-0.2, -0.15) is 0 Å². The normalized spacial score (nSPS) is 14.4. The van der Waals surface area contributed by atoms with Crippen molar-refractivity contribution in [1.82, 2.24) is 4.57 Å². The van der Waals surface area contributed by atoms with Crippen molar-refractivity contribution >= 4 is 52.3 Å². The van der Waals surface area contributed by atoms with Crippen LogP contribution in [0.2, 0.25) is 10.0 Å². The number of ether oxygens (including phenoxy) is 3. The summed E-state index contributed by atoms with van der Waals surface area (Å²) < 4.78 is 19.5. The Hall–Kier alpha value is -4.63. The van der Waals surface area contributed by atoms with E-state index in [0.29, 0.717) is 55.4 Å². The van der Waals surface area contributed by atoms with Crippen molar-refractivity contribution in [3.63, 3.8) is 0 Å². The Morgan fingerprint density at radius 3 is 2.38 bits per heavy atom. The molecule has 1 atom stereocenters. The molecule has 0 spiro atoms. The van der Waals surface area contributed by atoms with Crippen molar-refractivity contribution in [2.75, 3.05) is 13.2 Å². The van der Waals surface area contributed by atoms with Crippen molar-refractivity contribution in [2.45, 2.75) is 26.5 Å². The summed E-state index contributed by atoms with van der Waals surface area (Å²) in [6, 6.07) is 28.7. The minimum absolute atomic E-state index is 0.170. The number of nitrogens with zero attached hydrogens (tertiary/aromatic N) is 2. The van der Waals surface area contributed by atoms with E-state index >= 15 is 0 Å². The Labute approximate surface area is 285 Å². The van der Waals surface area contributed by atoms with Gasteiger partial charge in [-0.05, 0) is 73.0 Å². The number of hydrogen-bond acceptors (Lipinski definition) is 7. The summed E-state index contributed by atoms with van der Waals surface area (Å²) in [4.78, 5) is 33.2. The zero-order valence-electron chi connectivity index (χ0n) is 25.6. The number of aromatic nitrogens is 1. The summed E-state index contributed by atoms with van der Waals surface area (Å²) in [6.07, 6.45) is 1.79. The maximum Gasteiger partial charge on any atom is 0.338 e. The van der Waals surface area contributed by atoms with Gasteiger partial charge in [0.25, 0.3) is 5.56 Å². The fourth-order valence-corrected chi connectivity index (χ4v) is 6.68. The van der Waals surface area contributed by atoms with Crippen LogP contribution in [0.4, 0.5) is 0 Å². The Balaban J connectivity index is 1.47. The van der Waals surface area contributed by atoms with E-state index in [1.165, 1.54) is 11.3 Å². The van der Waals surface area contributed by atoms with Gasteiger partial charge in [-0.1, -0.05) is 95.2 Å². The molecule has 7 nitrogen and oxygen atoms in total. The third kappa shape index (κ3) is 7.05. The molecule has 5 aromatic rings. The lowest BCUT2D eigenvalue weighted by Crippen LogP contribution is -2.40. The molecule has 0 unspecified atom stereocenters. The maximum absolute atomic E-state index is 14.2. The van der Waals surface area contributed by atoms with Gasteiger partial charge in [-0.15, -0.1) is 0 Å². The molecule has 1 aliphatic rings. The van der Waals surface area contributed by atoms with Gasteiger partial charge in [0.05, 0.1) is 35.1 Å². The summed E-state index contributed by atoms with van der Waals surface area (Å²) in [6.45, 7) is 4.56. The molecule has 0 bridgehead atoms. The minimum Gasteiger partial charge on any atom is -0.490 e. The first-order chi connectivity index (χ1) is 22.9. The van der Waals surface area contributed by atoms with Gasteiger partial charge in [0.15, 0.2) is 16.3 Å². The van der Waals surface area contributed by atoms with Crippen LogP contribution >= 0.6 is 34.5 Å². The summed E-state index contributed by atoms with van der Waals surface area (Å²) in [5.41, 5.74) is 3.55. The number of rotatable bonds is 10. The first kappa shape index (κ1) is 32.3. The molecule has 0 N–H and O–H groups in total. The smallest absolute Gasteiger partial charge is 0.338 e. The minimum atomic E-state index is -0.791. The van der Waals surface area contributed by atoms with E-state index in [2.05, 4.69) is 0 Å². The van der Waals surface area contributed by atoms with Gasteiger partial charge >= 0.3 is 5.97 Å². The van der Waals surface area contributed by atoms with E-state index in [4.69, 9.17) is 42.4 Å². The molecule has 4 aromatic carbocycles. The topological polar surface area (TPSA) is 79.1 Å². The molecule has 0 saturated carbocycles. The predicted octanol–water partition coefficient (Wildman–Crippen LogP) is 7.22. The van der Waals surface area contributed by atoms with E-state index in [0.717, 1.165) is 16.7 Å². The van der Waals surface area contributed by atoms with Crippen molar-refractivity contribution in [2.24, 2.45) is 4.99 Å². The summed E-state index contributed by atoms with van der Waals surface area (Å²) in [5.74, 6) is 0.574. The highest BCUT2D eigenvalue weighted by Gasteiger charge is 2.35. The van der Waals surface area contributed by atoms with Gasteiger partial charge in [0.1, 0.15) is 6.61 Å². The Kier molecular flexibility index (Phi) is 9.92. The van der Waals surface area contributed by atoms with E-state index in [9.17, 15) is 9.59 Å². The summed E-state index contributed by atoms with van der Waals surface area (Å²) >= 11 is 13.6. The van der Waals surface area contributed by atoms with Crippen LogP contribution in [0.5, 0.6) is 11.5 Å². The maximum atomic E-state index is 14.2. The van der Waals surface area contributed by atoms with Crippen molar-refractivity contribution < 1.29 is 19.0 Å². The van der Waals surface area contributed by atoms with E-state index in [-0.39, 0.29) is 17.7 Å². The highest BCUT2D eigenvalue weighted by molar-refractivity contribution is 7.07. The molecular weight excluding hydrogens is 655 g/mol. The zero-order valence-corrected chi connectivity index (χ0v) is 27.9. The summed E-state index contributed by atoms with van der Waals surface area (Å²) in [5, 5.41) is 1.17. The van der Waals surface area contributed by atoms with Crippen LogP contribution in [0.3, 0.4) is 0 Å². The number of halogens is 2. The fraction of sp³-hybridized carbons (Fsp3) is 0.162. The average molecular weight is 686 g/mol. The second-order valence-electron chi connectivity index (χ2n) is 10.5. The number of esters is 1. The molecule has 0 aliphatic carbocycles. The van der Waals surface area contributed by atoms with Crippen molar-refractivity contribution in [3.8, 4) is 11.5 Å². The molecule has 0 amide bonds. The van der Waals surface area contributed by atoms with Gasteiger partial charge in [-0.3, -0.25) is 9.36 Å². The summed E-state index contributed by atoms with van der Waals surface area (Å²) in [7, 11) is 0. The number of fused-ring (bicyclic) bond motifs is 1. The second kappa shape index (κ2) is 14.4. The van der Waals surface area contributed by atoms with Crippen LogP contribution in [-0.4, -0.2) is 23.8 Å². The monoisotopic (exact) mass is 684 g/mol. The van der Waals surface area contributed by atoms with Crippen molar-refractivity contribution in [1.29, 1.82) is 0 Å². The molecular formula is C37H30Cl2N2O5S. The zero-order chi connectivity index (χ0) is 32.9. The standard InChI is InChI=1S/C37H30Cl2N2O5S/c1-3-44-30-20-23(13-18-29(30)46-22-24-9-8-12-28(39)19-24)21-31-35(42)41-34(26-14-16-27(38)17-15-26)32(36(43)45-4-2)33(40-37(41)47-31)25-10-6-5-7-11-25/h5-21,34H,3-4,22H2,1-2H3/b31-21-/t34-/m1/s1. The van der Waals surface area contributed by atoms with Crippen LogP contribution in [0.1, 0.15) is 42.1 Å². The SMILES string of the molecule is CCOC(=O)C1=C(c2ccccc2)N=c2s/c(=C\c3ccc(OCc4cccc(Cl)c4)c(OCC)c3)c(=O)n2[C@@H]1c1ccc(Cl)cc1. The highest BCUT2D eigenvalue weighted by Crippen LogP contribution is 2.36. The highest BCUT2D eigenvalue weighted by atomic mass is 35.5. The number of thiazole rings is 1. The second-order valence-corrected chi connectivity index (χ2v) is 12.4. The van der Waals surface area contributed by atoms with Crippen LogP contribution in [0, 0.1) is 0 Å². The van der Waals surface area contributed by atoms with Gasteiger partial charge < -0.3 is 14.2 Å². The van der Waals surface area contributed by atoms with Crippen LogP contribution in [0.25, 0.3) is 11.8 Å². The van der Waals surface area contributed by atoms with Crippen LogP contribution < -0.4 is 24.4 Å². The van der Waals surface area contributed by atoms with Gasteiger partial charge in [-0.25, -0.2) is 9.79 Å². The molecule has 6 rings (SSSR count). The molecule has 0 saturated heterocycles. The Morgan fingerprint density at radius 1 is 0.872 bits per heavy atom. The molecule has 238 valence electrons. The van der Waals surface area contributed by atoms with Gasteiger partial charge in [0, 0.05) is 15.6 Å². The number of carbonyl (C=O) groups excluding carboxylic acids is 1. The third-order valence-electron chi connectivity index (χ3n) is 7.41. The molecule has 0 fully saturated rings. The Morgan fingerprint density at radius 2 is 1.66 bits per heavy atom. The fourth-order valence-electron chi connectivity index (χ4n) is 5.34. The average Bonchev–Trinajstić information content (AvgIpc) is 3.38. The number of benzene rings is 4. The Bertz CT molecular complexity index is 2140. The van der Waals surface area contributed by atoms with Crippen LogP contribution in [-0.2, 0) is 16.1 Å². The van der Waals surface area contributed by atoms with E-state index in [1.54, 1.807) is 29.7 Å². The molecule has 10 heteroatoms. The quantitative estimate of drug-likeness (QED) is 0.145. The lowest BCUT2D eigenvalue weighted by Gasteiger charge is -2.25. The van der Waals surface area contributed by atoms with E-state index < -0.39 is 12.0 Å². The predicted molar refractivity (Wildman–Crippen MR) is 186 cm³/mol. The molecule has 1 aromatic heterocycles. The first-order valence-electron chi connectivity index (χ1n) is 15.0. The largest absolute Gasteiger partial charge is 0.490 e. The lowest BCUT2D eigenvalue weighted by atomic mass is 9.93. The number of carbonyl (C=O) groups is 1. The lowest BCUT2D eigenvalue weighted by molar-refractivity contribution is -0.138. The van der Waals surface area contributed by atoms with Crippen LogP contribution in [0.15, 0.2) is 112 Å². The first-order valence-corrected chi connectivity index (χ1v) is 16.6. The van der Waals surface area contributed by atoms with Crippen molar-refractivity contribution in [3.05, 3.63) is 155 Å². The van der Waals surface area contributed by atoms with Gasteiger partial charge in [0.2, 0.25) is 0 Å². The molecule has 0 radical (unpaired) electrons. The third-order valence-corrected chi connectivity index (χ3v) is 8.88. The molecule has 1 aliphatic heterocycles. The van der Waals surface area contributed by atoms with E-state index in [1.807, 2.05) is 91.9 Å². The molecule has 47 heavy (non-hydrogen) atoms. The number of hydrogen-bond donors (Lipinski definition) is 0.